The Labute approximate surface area is 205 Å². The van der Waals surface area contributed by atoms with E-state index in [1.807, 2.05) is 24.3 Å². The summed E-state index contributed by atoms with van der Waals surface area (Å²) in [5.41, 5.74) is 3.65. The molecule has 0 radical (unpaired) electrons. The summed E-state index contributed by atoms with van der Waals surface area (Å²) in [6, 6.07) is 16.3. The van der Waals surface area contributed by atoms with Gasteiger partial charge in [0.15, 0.2) is 0 Å². The van der Waals surface area contributed by atoms with Crippen LogP contribution in [0.4, 0.5) is 4.79 Å². The lowest BCUT2D eigenvalue weighted by atomic mass is 9.82. The number of methoxy groups -OCH3 is 1. The molecule has 0 bridgehead atoms. The Kier molecular flexibility index (Phi) is 7.40. The number of alkyl carbamates (subject to hydrolysis) is 1. The van der Waals surface area contributed by atoms with Crippen molar-refractivity contribution in [1.29, 1.82) is 0 Å². The zero-order chi connectivity index (χ0) is 25.0. The van der Waals surface area contributed by atoms with Crippen LogP contribution in [0.15, 0.2) is 48.5 Å². The summed E-state index contributed by atoms with van der Waals surface area (Å²) < 4.78 is 10.9. The lowest BCUT2D eigenvalue weighted by molar-refractivity contribution is -0.156. The summed E-state index contributed by atoms with van der Waals surface area (Å²) >= 11 is 0. The van der Waals surface area contributed by atoms with Crippen LogP contribution in [0.1, 0.15) is 43.2 Å². The topological polar surface area (TPSA) is 105 Å². The van der Waals surface area contributed by atoms with Crippen LogP contribution in [0.25, 0.3) is 11.1 Å². The van der Waals surface area contributed by atoms with E-state index in [1.54, 1.807) is 11.8 Å². The number of carboxylic acids is 1. The molecule has 4 rings (SSSR count). The van der Waals surface area contributed by atoms with Crippen molar-refractivity contribution in [3.05, 3.63) is 59.7 Å². The number of piperidine rings is 1. The van der Waals surface area contributed by atoms with Crippen molar-refractivity contribution in [1.82, 2.24) is 10.2 Å². The molecule has 0 aromatic heterocycles. The lowest BCUT2D eigenvalue weighted by Crippen LogP contribution is -2.51. The van der Waals surface area contributed by atoms with Gasteiger partial charge in [-0.05, 0) is 42.0 Å². The maximum absolute atomic E-state index is 12.9. The number of rotatable bonds is 8. The number of ether oxygens (including phenoxy) is 2. The number of nitrogens with zero attached hydrogens (tertiary/aromatic N) is 1. The van der Waals surface area contributed by atoms with E-state index < -0.39 is 23.6 Å². The second-order valence-corrected chi connectivity index (χ2v) is 9.49. The third kappa shape index (κ3) is 5.17. The molecule has 1 saturated heterocycles. The monoisotopic (exact) mass is 480 g/mol. The minimum Gasteiger partial charge on any atom is -0.481 e. The number of carbonyl (C=O) groups is 3. The third-order valence-corrected chi connectivity index (χ3v) is 7.10. The molecule has 35 heavy (non-hydrogen) atoms. The van der Waals surface area contributed by atoms with Crippen LogP contribution >= 0.6 is 0 Å². The normalized spacial score (nSPS) is 20.0. The Balaban J connectivity index is 1.28. The Morgan fingerprint density at radius 1 is 1.11 bits per heavy atom. The van der Waals surface area contributed by atoms with Gasteiger partial charge in [0, 0.05) is 39.1 Å². The molecule has 2 unspecified atom stereocenters. The minimum absolute atomic E-state index is 0.0240. The number of benzene rings is 2. The van der Waals surface area contributed by atoms with E-state index in [4.69, 9.17) is 9.47 Å². The van der Waals surface area contributed by atoms with Gasteiger partial charge >= 0.3 is 12.1 Å². The van der Waals surface area contributed by atoms with Crippen molar-refractivity contribution in [3.8, 4) is 11.1 Å². The van der Waals surface area contributed by atoms with Gasteiger partial charge in [0.25, 0.3) is 5.91 Å². The number of hydrogen-bond acceptors (Lipinski definition) is 5. The highest BCUT2D eigenvalue weighted by atomic mass is 16.5. The first-order chi connectivity index (χ1) is 16.8. The molecule has 1 heterocycles. The Hall–Kier alpha value is -3.39. The van der Waals surface area contributed by atoms with E-state index >= 15 is 0 Å². The van der Waals surface area contributed by atoms with Crippen molar-refractivity contribution >= 4 is 18.0 Å². The van der Waals surface area contributed by atoms with Gasteiger partial charge in [-0.2, -0.15) is 0 Å². The Morgan fingerprint density at radius 3 is 2.34 bits per heavy atom. The molecule has 8 heteroatoms. The molecule has 2 amide bonds. The molecular weight excluding hydrogens is 448 g/mol. The van der Waals surface area contributed by atoms with Crippen LogP contribution in [-0.4, -0.2) is 67.4 Å². The van der Waals surface area contributed by atoms with Crippen molar-refractivity contribution < 1.29 is 29.0 Å². The molecule has 1 fully saturated rings. The molecule has 2 aromatic rings. The standard InChI is InChI=1S/C27H32N2O6/c1-27(25(31)32)13-7-15-29(17-27)24(30)23(34-2)12-14-28-26(33)35-16-22-20-10-5-3-8-18(20)19-9-4-6-11-21(19)22/h3-6,8-11,22-23H,7,12-17H2,1-2H3,(H,28,33)(H,31,32). The van der Waals surface area contributed by atoms with E-state index in [9.17, 15) is 19.5 Å². The Morgan fingerprint density at radius 2 is 1.74 bits per heavy atom. The van der Waals surface area contributed by atoms with Crippen molar-refractivity contribution in [2.24, 2.45) is 5.41 Å². The molecular formula is C27H32N2O6. The number of amides is 2. The number of carboxylic acid groups (broad SMARTS) is 1. The third-order valence-electron chi connectivity index (χ3n) is 7.10. The zero-order valence-corrected chi connectivity index (χ0v) is 20.2. The van der Waals surface area contributed by atoms with Crippen molar-refractivity contribution in [3.63, 3.8) is 0 Å². The fourth-order valence-electron chi connectivity index (χ4n) is 5.10. The van der Waals surface area contributed by atoms with E-state index in [0.717, 1.165) is 22.3 Å². The van der Waals surface area contributed by atoms with Crippen molar-refractivity contribution in [2.75, 3.05) is 33.4 Å². The highest BCUT2D eigenvalue weighted by Gasteiger charge is 2.40. The zero-order valence-electron chi connectivity index (χ0n) is 20.2. The summed E-state index contributed by atoms with van der Waals surface area (Å²) in [5, 5.41) is 12.2. The van der Waals surface area contributed by atoms with Gasteiger partial charge in [-0.3, -0.25) is 9.59 Å². The van der Waals surface area contributed by atoms with Gasteiger partial charge in [-0.25, -0.2) is 4.79 Å². The largest absolute Gasteiger partial charge is 0.481 e. The van der Waals surface area contributed by atoms with Gasteiger partial charge in [-0.15, -0.1) is 0 Å². The van der Waals surface area contributed by atoms with Crippen LogP contribution in [-0.2, 0) is 19.1 Å². The maximum Gasteiger partial charge on any atom is 0.407 e. The highest BCUT2D eigenvalue weighted by molar-refractivity contribution is 5.83. The van der Waals surface area contributed by atoms with Crippen LogP contribution in [0, 0.1) is 5.41 Å². The van der Waals surface area contributed by atoms with Crippen LogP contribution in [0.3, 0.4) is 0 Å². The van der Waals surface area contributed by atoms with E-state index in [1.165, 1.54) is 7.11 Å². The fourth-order valence-corrected chi connectivity index (χ4v) is 5.10. The highest BCUT2D eigenvalue weighted by Crippen LogP contribution is 2.44. The van der Waals surface area contributed by atoms with Crippen LogP contribution in [0.5, 0.6) is 0 Å². The number of likely N-dealkylation sites (tertiary alicyclic amines) is 1. The smallest absolute Gasteiger partial charge is 0.407 e. The summed E-state index contributed by atoms with van der Waals surface area (Å²) in [7, 11) is 1.44. The SMILES string of the molecule is COC(CCNC(=O)OCC1c2ccccc2-c2ccccc21)C(=O)N1CCCC(C)(C(=O)O)C1. The van der Waals surface area contributed by atoms with Gasteiger partial charge in [-0.1, -0.05) is 48.5 Å². The van der Waals surface area contributed by atoms with E-state index in [0.29, 0.717) is 19.4 Å². The number of fused-ring (bicyclic) bond motifs is 3. The second-order valence-electron chi connectivity index (χ2n) is 9.49. The molecule has 8 nitrogen and oxygen atoms in total. The molecule has 1 aliphatic heterocycles. The minimum atomic E-state index is -0.953. The number of carbonyl (C=O) groups excluding carboxylic acids is 2. The molecule has 2 N–H and O–H groups in total. The average Bonchev–Trinajstić information content (AvgIpc) is 3.18. The van der Waals surface area contributed by atoms with Gasteiger partial charge in [0.2, 0.25) is 0 Å². The van der Waals surface area contributed by atoms with Crippen LogP contribution in [0.2, 0.25) is 0 Å². The first-order valence-electron chi connectivity index (χ1n) is 12.0. The molecule has 2 atom stereocenters. The Bertz CT molecular complexity index is 1060. The molecule has 0 spiro atoms. The predicted molar refractivity (Wildman–Crippen MR) is 130 cm³/mol. The summed E-state index contributed by atoms with van der Waals surface area (Å²) in [6.45, 7) is 2.73. The van der Waals surface area contributed by atoms with Gasteiger partial charge in [0.05, 0.1) is 5.41 Å². The van der Waals surface area contributed by atoms with Gasteiger partial charge in [0.1, 0.15) is 12.7 Å². The van der Waals surface area contributed by atoms with E-state index in [-0.39, 0.29) is 37.9 Å². The fraction of sp³-hybridized carbons (Fsp3) is 0.444. The summed E-state index contributed by atoms with van der Waals surface area (Å²) in [4.78, 5) is 38.5. The number of aliphatic carboxylic acids is 1. The van der Waals surface area contributed by atoms with Crippen LogP contribution < -0.4 is 5.32 Å². The van der Waals surface area contributed by atoms with Crippen molar-refractivity contribution in [2.45, 2.75) is 38.2 Å². The first kappa shape index (κ1) is 24.7. The quantitative estimate of drug-likeness (QED) is 0.598. The first-order valence-corrected chi connectivity index (χ1v) is 12.0. The predicted octanol–water partition coefficient (Wildman–Crippen LogP) is 3.64. The molecule has 2 aromatic carbocycles. The lowest BCUT2D eigenvalue weighted by Gasteiger charge is -2.38. The second kappa shape index (κ2) is 10.5. The molecule has 2 aliphatic rings. The summed E-state index contributed by atoms with van der Waals surface area (Å²) in [6.07, 6.45) is 0.112. The maximum atomic E-state index is 12.9. The molecule has 186 valence electrons. The number of hydrogen-bond donors (Lipinski definition) is 2. The van der Waals surface area contributed by atoms with E-state index in [2.05, 4.69) is 29.6 Å². The number of nitrogens with one attached hydrogen (secondary N) is 1. The summed E-state index contributed by atoms with van der Waals surface area (Å²) in [5.74, 6) is -1.18. The molecule has 1 aliphatic carbocycles. The molecule has 0 saturated carbocycles. The average molecular weight is 481 g/mol. The van der Waals surface area contributed by atoms with Gasteiger partial charge < -0.3 is 24.8 Å².